The lowest BCUT2D eigenvalue weighted by Gasteiger charge is -2.22. The Labute approximate surface area is 185 Å². The summed E-state index contributed by atoms with van der Waals surface area (Å²) >= 11 is 0. The van der Waals surface area contributed by atoms with Crippen LogP contribution in [0.15, 0.2) is 79.0 Å². The number of rotatable bonds is 8. The lowest BCUT2D eigenvalue weighted by molar-refractivity contribution is -0.153. The second-order valence-corrected chi connectivity index (χ2v) is 6.92. The summed E-state index contributed by atoms with van der Waals surface area (Å²) in [6.07, 6.45) is 1.35. The Morgan fingerprint density at radius 1 is 1.00 bits per heavy atom. The van der Waals surface area contributed by atoms with Crippen molar-refractivity contribution in [1.82, 2.24) is 4.98 Å². The minimum absolute atomic E-state index is 0.00103. The van der Waals surface area contributed by atoms with Gasteiger partial charge in [-0.2, -0.15) is 0 Å². The molecule has 8 nitrogen and oxygen atoms in total. The first kappa shape index (κ1) is 22.6. The van der Waals surface area contributed by atoms with E-state index in [1.54, 1.807) is 30.3 Å². The molecular formula is C24H23N3O5. The highest BCUT2D eigenvalue weighted by molar-refractivity contribution is 6.05. The number of hydrogen-bond acceptors (Lipinski definition) is 7. The molecule has 0 aliphatic rings. The Morgan fingerprint density at radius 2 is 1.66 bits per heavy atom. The number of hydrogen-bond donors (Lipinski definition) is 2. The molecule has 0 fully saturated rings. The van der Waals surface area contributed by atoms with Crippen molar-refractivity contribution in [2.24, 2.45) is 11.7 Å². The van der Waals surface area contributed by atoms with Gasteiger partial charge < -0.3 is 20.5 Å². The fraction of sp³-hybridized carbons (Fsp3) is 0.167. The summed E-state index contributed by atoms with van der Waals surface area (Å²) in [5.41, 5.74) is 7.89. The predicted molar refractivity (Wildman–Crippen MR) is 117 cm³/mol. The fourth-order valence-electron chi connectivity index (χ4n) is 3.05. The van der Waals surface area contributed by atoms with E-state index in [9.17, 15) is 14.4 Å². The Bertz CT molecular complexity index is 1070. The smallest absolute Gasteiger partial charge is 0.338 e. The predicted octanol–water partition coefficient (Wildman–Crippen LogP) is 2.87. The van der Waals surface area contributed by atoms with Crippen molar-refractivity contribution in [2.45, 2.75) is 12.6 Å². The average Bonchev–Trinajstić information content (AvgIpc) is 2.83. The quantitative estimate of drug-likeness (QED) is 0.414. The Morgan fingerprint density at radius 3 is 2.31 bits per heavy atom. The minimum Gasteiger partial charge on any atom is -0.465 e. The second-order valence-electron chi connectivity index (χ2n) is 6.92. The molecule has 3 aromatic rings. The van der Waals surface area contributed by atoms with Crippen LogP contribution in [0.5, 0.6) is 0 Å². The molecule has 0 saturated carbocycles. The van der Waals surface area contributed by atoms with E-state index < -0.39 is 29.8 Å². The second kappa shape index (κ2) is 10.8. The number of nitrogens with two attached hydrogens (primary N) is 1. The zero-order valence-electron chi connectivity index (χ0n) is 17.4. The normalized spacial score (nSPS) is 12.3. The van der Waals surface area contributed by atoms with E-state index >= 15 is 0 Å². The first-order chi connectivity index (χ1) is 15.5. The zero-order valence-corrected chi connectivity index (χ0v) is 17.4. The maximum atomic E-state index is 13.1. The molecule has 1 heterocycles. The summed E-state index contributed by atoms with van der Waals surface area (Å²) in [5.74, 6) is -3.31. The van der Waals surface area contributed by atoms with Gasteiger partial charge in [0, 0.05) is 6.20 Å². The van der Waals surface area contributed by atoms with Crippen molar-refractivity contribution < 1.29 is 23.9 Å². The maximum absolute atomic E-state index is 13.1. The molecule has 0 aliphatic carbocycles. The summed E-state index contributed by atoms with van der Waals surface area (Å²) in [6, 6.07) is 19.7. The first-order valence-corrected chi connectivity index (χ1v) is 9.86. The number of carbonyl (C=O) groups excluding carboxylic acids is 3. The fourth-order valence-corrected chi connectivity index (χ4v) is 3.05. The molecule has 0 saturated heterocycles. The highest BCUT2D eigenvalue weighted by Gasteiger charge is 2.35. The molecule has 3 N–H and O–H groups in total. The first-order valence-electron chi connectivity index (χ1n) is 9.86. The summed E-state index contributed by atoms with van der Waals surface area (Å²) in [6.45, 7) is 0.00103. The number of nitrogens with zero attached hydrogens (tertiary/aromatic N) is 1. The molecule has 2 unspecified atom stereocenters. The van der Waals surface area contributed by atoms with Crippen LogP contribution >= 0.6 is 0 Å². The largest absolute Gasteiger partial charge is 0.465 e. The van der Waals surface area contributed by atoms with Gasteiger partial charge in [-0.1, -0.05) is 60.7 Å². The number of carbonyl (C=O) groups is 3. The van der Waals surface area contributed by atoms with Crippen LogP contribution in [0.3, 0.4) is 0 Å². The van der Waals surface area contributed by atoms with Crippen molar-refractivity contribution in [1.29, 1.82) is 0 Å². The Balaban J connectivity index is 1.82. The molecule has 0 radical (unpaired) electrons. The van der Waals surface area contributed by atoms with Crippen molar-refractivity contribution in [3.05, 3.63) is 95.7 Å². The molecular weight excluding hydrogens is 410 g/mol. The summed E-state index contributed by atoms with van der Waals surface area (Å²) in [7, 11) is 1.25. The van der Waals surface area contributed by atoms with Gasteiger partial charge in [-0.3, -0.25) is 9.59 Å². The van der Waals surface area contributed by atoms with Gasteiger partial charge in [0.05, 0.1) is 18.7 Å². The van der Waals surface area contributed by atoms with E-state index in [1.165, 1.54) is 25.4 Å². The number of nitrogens with one attached hydrogen (secondary N) is 1. The van der Waals surface area contributed by atoms with Crippen LogP contribution in [0.4, 0.5) is 5.82 Å². The highest BCUT2D eigenvalue weighted by atomic mass is 16.5. The van der Waals surface area contributed by atoms with Gasteiger partial charge >= 0.3 is 11.9 Å². The zero-order chi connectivity index (χ0) is 22.9. The molecule has 2 aromatic carbocycles. The highest BCUT2D eigenvalue weighted by Crippen LogP contribution is 2.23. The van der Waals surface area contributed by atoms with E-state index in [1.807, 2.05) is 30.3 Å². The van der Waals surface area contributed by atoms with Crippen LogP contribution in [-0.4, -0.2) is 29.9 Å². The molecule has 1 aromatic heterocycles. The molecule has 2 atom stereocenters. The van der Waals surface area contributed by atoms with Gasteiger partial charge in [0.1, 0.15) is 12.4 Å². The van der Waals surface area contributed by atoms with Crippen molar-refractivity contribution in [2.75, 3.05) is 12.4 Å². The number of anilines is 1. The van der Waals surface area contributed by atoms with Crippen LogP contribution in [0.2, 0.25) is 0 Å². The SMILES string of the molecule is COC(=O)c1ccnc(NC(=O)C(C(=O)OCc2ccccc2)C(N)c2ccccc2)c1. The van der Waals surface area contributed by atoms with E-state index in [0.717, 1.165) is 5.56 Å². The lowest BCUT2D eigenvalue weighted by Crippen LogP contribution is -2.39. The third kappa shape index (κ3) is 5.77. The van der Waals surface area contributed by atoms with Crippen LogP contribution in [0.25, 0.3) is 0 Å². The molecule has 0 aliphatic heterocycles. The number of aromatic nitrogens is 1. The van der Waals surface area contributed by atoms with Gasteiger partial charge in [-0.15, -0.1) is 0 Å². The molecule has 8 heteroatoms. The van der Waals surface area contributed by atoms with E-state index in [-0.39, 0.29) is 18.0 Å². The minimum atomic E-state index is -1.34. The Kier molecular flexibility index (Phi) is 7.66. The van der Waals surface area contributed by atoms with Crippen LogP contribution in [-0.2, 0) is 25.7 Å². The number of ether oxygens (including phenoxy) is 2. The number of pyridine rings is 1. The van der Waals surface area contributed by atoms with Gasteiger partial charge in [0.15, 0.2) is 5.92 Å². The van der Waals surface area contributed by atoms with E-state index in [2.05, 4.69) is 15.0 Å². The monoisotopic (exact) mass is 433 g/mol. The van der Waals surface area contributed by atoms with Gasteiger partial charge in [-0.25, -0.2) is 9.78 Å². The third-order valence-corrected chi connectivity index (χ3v) is 4.74. The van der Waals surface area contributed by atoms with E-state index in [4.69, 9.17) is 10.5 Å². The maximum Gasteiger partial charge on any atom is 0.338 e. The molecule has 3 rings (SSSR count). The third-order valence-electron chi connectivity index (χ3n) is 4.74. The van der Waals surface area contributed by atoms with Crippen LogP contribution in [0, 0.1) is 5.92 Å². The summed E-state index contributed by atoms with van der Waals surface area (Å²) < 4.78 is 10.1. The van der Waals surface area contributed by atoms with E-state index in [0.29, 0.717) is 5.56 Å². The number of methoxy groups -OCH3 is 1. The van der Waals surface area contributed by atoms with Crippen LogP contribution < -0.4 is 11.1 Å². The van der Waals surface area contributed by atoms with Crippen molar-refractivity contribution in [3.8, 4) is 0 Å². The van der Waals surface area contributed by atoms with Gasteiger partial charge in [0.25, 0.3) is 0 Å². The molecule has 1 amide bonds. The molecule has 32 heavy (non-hydrogen) atoms. The molecule has 0 bridgehead atoms. The molecule has 0 spiro atoms. The van der Waals surface area contributed by atoms with Gasteiger partial charge in [-0.05, 0) is 23.3 Å². The Hall–Kier alpha value is -4.04. The van der Waals surface area contributed by atoms with Crippen LogP contribution in [0.1, 0.15) is 27.5 Å². The lowest BCUT2D eigenvalue weighted by atomic mass is 9.93. The average molecular weight is 433 g/mol. The van der Waals surface area contributed by atoms with Gasteiger partial charge in [0.2, 0.25) is 5.91 Å². The standard InChI is InChI=1S/C24H23N3O5/c1-31-23(29)18-12-13-26-19(14-18)27-22(28)20(21(25)17-10-6-3-7-11-17)24(30)32-15-16-8-4-2-5-9-16/h2-14,20-21H,15,25H2,1H3,(H,26,27,28). The summed E-state index contributed by atoms with van der Waals surface area (Å²) in [4.78, 5) is 41.8. The summed E-state index contributed by atoms with van der Waals surface area (Å²) in [5, 5.41) is 2.55. The number of esters is 2. The van der Waals surface area contributed by atoms with Crippen molar-refractivity contribution >= 4 is 23.7 Å². The topological polar surface area (TPSA) is 121 Å². The number of benzene rings is 2. The molecule has 164 valence electrons. The van der Waals surface area contributed by atoms with Crippen molar-refractivity contribution in [3.63, 3.8) is 0 Å². The number of amides is 1.